The van der Waals surface area contributed by atoms with Crippen LogP contribution in [0.5, 0.6) is 0 Å². The van der Waals surface area contributed by atoms with Crippen molar-refractivity contribution >= 4 is 40.7 Å². The van der Waals surface area contributed by atoms with Crippen molar-refractivity contribution in [3.05, 3.63) is 83.9 Å². The number of urea groups is 2. The summed E-state index contributed by atoms with van der Waals surface area (Å²) in [6.45, 7) is 5.09. The molecular weight excluding hydrogens is 535 g/mol. The molecule has 11 heteroatoms. The van der Waals surface area contributed by atoms with Crippen LogP contribution in [0, 0.1) is 0 Å². The molecule has 0 atom stereocenters. The van der Waals surface area contributed by atoms with Gasteiger partial charge in [0.15, 0.2) is 0 Å². The maximum atomic E-state index is 14.1. The van der Waals surface area contributed by atoms with Gasteiger partial charge in [-0.1, -0.05) is 18.2 Å². The quantitative estimate of drug-likeness (QED) is 0.367. The highest BCUT2D eigenvalue weighted by Gasteiger charge is 2.41. The number of carbonyl (C=O) groups excluding carboxylic acids is 3. The number of hydrogen-bond donors (Lipinski definition) is 1. The van der Waals surface area contributed by atoms with Crippen molar-refractivity contribution in [2.24, 2.45) is 0 Å². The van der Waals surface area contributed by atoms with Crippen molar-refractivity contribution in [3.63, 3.8) is 0 Å². The van der Waals surface area contributed by atoms with Gasteiger partial charge in [-0.05, 0) is 87.5 Å². The van der Waals surface area contributed by atoms with Crippen molar-refractivity contribution in [2.75, 3.05) is 47.4 Å². The van der Waals surface area contributed by atoms with Gasteiger partial charge in [-0.25, -0.2) is 14.5 Å². The number of benzene rings is 3. The van der Waals surface area contributed by atoms with E-state index in [9.17, 15) is 27.6 Å². The van der Waals surface area contributed by atoms with Gasteiger partial charge in [-0.2, -0.15) is 13.2 Å². The number of halogens is 3. The summed E-state index contributed by atoms with van der Waals surface area (Å²) in [4.78, 5) is 46.1. The van der Waals surface area contributed by atoms with E-state index < -0.39 is 23.8 Å². The van der Waals surface area contributed by atoms with Gasteiger partial charge >= 0.3 is 18.2 Å². The summed E-state index contributed by atoms with van der Waals surface area (Å²) in [7, 11) is 0. The van der Waals surface area contributed by atoms with E-state index in [1.165, 1.54) is 35.2 Å². The third-order valence-electron chi connectivity index (χ3n) is 7.27. The Bertz CT molecular complexity index is 1420. The number of hydrogen-bond acceptors (Lipinski definition) is 4. The predicted octanol–water partition coefficient (Wildman–Crippen LogP) is 6.26. The Labute approximate surface area is 235 Å². The Morgan fingerprint density at radius 2 is 1.49 bits per heavy atom. The predicted molar refractivity (Wildman–Crippen MR) is 151 cm³/mol. The van der Waals surface area contributed by atoms with E-state index in [-0.39, 0.29) is 29.5 Å². The average Bonchev–Trinajstić information content (AvgIpc) is 3.45. The molecule has 2 aliphatic heterocycles. The standard InChI is InChI=1S/C30H30F3N5O3/c1-2-36-25-15-12-22(30(31,32)33)20-26(25)37(23-8-4-3-5-9-23)29(41)38(28(36)40)24-13-10-21(11-14-24)27(39)34-16-19-35-17-6-7-18-35/h3-5,8-15,20H,2,6-7,16-19H2,1H3,(H,34,39). The van der Waals surface area contributed by atoms with Crippen LogP contribution in [0.25, 0.3) is 0 Å². The summed E-state index contributed by atoms with van der Waals surface area (Å²) in [6.07, 6.45) is -2.33. The summed E-state index contributed by atoms with van der Waals surface area (Å²) >= 11 is 0. The molecule has 0 aromatic heterocycles. The van der Waals surface area contributed by atoms with E-state index in [0.29, 0.717) is 17.8 Å². The fourth-order valence-electron chi connectivity index (χ4n) is 5.17. The van der Waals surface area contributed by atoms with Crippen molar-refractivity contribution in [2.45, 2.75) is 25.9 Å². The smallest absolute Gasteiger partial charge is 0.351 e. The molecule has 0 aliphatic carbocycles. The molecule has 1 saturated heterocycles. The van der Waals surface area contributed by atoms with Crippen molar-refractivity contribution in [1.82, 2.24) is 10.2 Å². The first kappa shape index (κ1) is 28.2. The minimum atomic E-state index is -4.65. The minimum Gasteiger partial charge on any atom is -0.351 e. The lowest BCUT2D eigenvalue weighted by atomic mass is 10.1. The van der Waals surface area contributed by atoms with Crippen LogP contribution < -0.4 is 20.0 Å². The molecule has 214 valence electrons. The van der Waals surface area contributed by atoms with Crippen LogP contribution in [-0.2, 0) is 6.18 Å². The molecule has 8 nitrogen and oxygen atoms in total. The molecule has 1 N–H and O–H groups in total. The maximum absolute atomic E-state index is 14.1. The lowest BCUT2D eigenvalue weighted by molar-refractivity contribution is -0.137. The normalized spacial score (nSPS) is 16.1. The van der Waals surface area contributed by atoms with E-state index >= 15 is 0 Å². The zero-order valence-corrected chi connectivity index (χ0v) is 22.5. The number of amides is 5. The van der Waals surface area contributed by atoms with Crippen molar-refractivity contribution in [3.8, 4) is 0 Å². The largest absolute Gasteiger partial charge is 0.416 e. The van der Waals surface area contributed by atoms with Crippen LogP contribution in [0.3, 0.4) is 0 Å². The number of para-hydroxylation sites is 1. The first-order valence-corrected chi connectivity index (χ1v) is 13.5. The SMILES string of the molecule is CCN1C(=O)N(c2ccc(C(=O)NCCN3CCCC3)cc2)C(=O)N(c2ccccc2)c2cc(C(F)(F)F)ccc21. The molecule has 3 aromatic carbocycles. The summed E-state index contributed by atoms with van der Waals surface area (Å²) < 4.78 is 41.1. The highest BCUT2D eigenvalue weighted by atomic mass is 19.4. The topological polar surface area (TPSA) is 76.2 Å². The van der Waals surface area contributed by atoms with Gasteiger partial charge in [-0.15, -0.1) is 0 Å². The van der Waals surface area contributed by atoms with Gasteiger partial charge in [0.25, 0.3) is 5.91 Å². The number of alkyl halides is 3. The molecule has 5 rings (SSSR count). The number of anilines is 4. The molecule has 0 spiro atoms. The van der Waals surface area contributed by atoms with Crippen LogP contribution in [0.2, 0.25) is 0 Å². The zero-order chi connectivity index (χ0) is 29.1. The number of likely N-dealkylation sites (tertiary alicyclic amines) is 1. The third kappa shape index (κ3) is 5.76. The number of rotatable bonds is 7. The Morgan fingerprint density at radius 3 is 2.12 bits per heavy atom. The monoisotopic (exact) mass is 565 g/mol. The molecule has 3 aromatic rings. The van der Waals surface area contributed by atoms with Gasteiger partial charge in [0.1, 0.15) is 0 Å². The van der Waals surface area contributed by atoms with Crippen LogP contribution in [-0.4, -0.2) is 55.6 Å². The Hall–Kier alpha value is -4.38. The number of imide groups is 1. The summed E-state index contributed by atoms with van der Waals surface area (Å²) in [5, 5.41) is 2.89. The molecule has 1 fully saturated rings. The highest BCUT2D eigenvalue weighted by molar-refractivity contribution is 6.28. The number of carbonyl (C=O) groups is 3. The molecule has 0 radical (unpaired) electrons. The summed E-state index contributed by atoms with van der Waals surface area (Å²) in [5.74, 6) is -0.280. The second kappa shape index (κ2) is 11.6. The molecule has 0 saturated carbocycles. The van der Waals surface area contributed by atoms with Crippen LogP contribution in [0.1, 0.15) is 35.7 Å². The molecule has 2 heterocycles. The van der Waals surface area contributed by atoms with Crippen LogP contribution >= 0.6 is 0 Å². The van der Waals surface area contributed by atoms with Gasteiger partial charge < -0.3 is 10.2 Å². The van der Waals surface area contributed by atoms with E-state index in [2.05, 4.69) is 10.2 Å². The molecule has 5 amide bonds. The minimum absolute atomic E-state index is 0.0669. The number of fused-ring (bicyclic) bond motifs is 1. The van der Waals surface area contributed by atoms with Crippen LogP contribution in [0.15, 0.2) is 72.8 Å². The lowest BCUT2D eigenvalue weighted by Crippen LogP contribution is -2.48. The van der Waals surface area contributed by atoms with Gasteiger partial charge in [0.05, 0.1) is 28.3 Å². The summed E-state index contributed by atoms with van der Waals surface area (Å²) in [5.41, 5.74) is -0.0149. The highest BCUT2D eigenvalue weighted by Crippen LogP contribution is 2.43. The molecule has 41 heavy (non-hydrogen) atoms. The second-order valence-corrected chi connectivity index (χ2v) is 9.87. The van der Waals surface area contributed by atoms with E-state index in [4.69, 9.17) is 0 Å². The average molecular weight is 566 g/mol. The van der Waals surface area contributed by atoms with E-state index in [1.807, 2.05) is 0 Å². The van der Waals surface area contributed by atoms with Gasteiger partial charge in [-0.3, -0.25) is 14.6 Å². The van der Waals surface area contributed by atoms with E-state index in [0.717, 1.165) is 54.4 Å². The maximum Gasteiger partial charge on any atom is 0.416 e. The third-order valence-corrected chi connectivity index (χ3v) is 7.27. The van der Waals surface area contributed by atoms with Crippen LogP contribution in [0.4, 0.5) is 45.5 Å². The second-order valence-electron chi connectivity index (χ2n) is 9.87. The zero-order valence-electron chi connectivity index (χ0n) is 22.5. The van der Waals surface area contributed by atoms with Crippen molar-refractivity contribution in [1.29, 1.82) is 0 Å². The molecular formula is C30H30F3N5O3. The van der Waals surface area contributed by atoms with Gasteiger partial charge in [0, 0.05) is 25.2 Å². The Kier molecular flexibility index (Phi) is 7.98. The van der Waals surface area contributed by atoms with E-state index in [1.54, 1.807) is 37.3 Å². The molecule has 2 aliphatic rings. The Morgan fingerprint density at radius 1 is 0.829 bits per heavy atom. The number of nitrogens with zero attached hydrogens (tertiary/aromatic N) is 4. The first-order valence-electron chi connectivity index (χ1n) is 13.5. The van der Waals surface area contributed by atoms with Crippen molar-refractivity contribution < 1.29 is 27.6 Å². The number of nitrogens with one attached hydrogen (secondary N) is 1. The fraction of sp³-hybridized carbons (Fsp3) is 0.300. The molecule has 0 bridgehead atoms. The van der Waals surface area contributed by atoms with Gasteiger partial charge in [0.2, 0.25) is 0 Å². The summed E-state index contributed by atoms with van der Waals surface area (Å²) in [6, 6.07) is 15.6. The Balaban J connectivity index is 1.49. The first-order chi connectivity index (χ1) is 19.7. The lowest BCUT2D eigenvalue weighted by Gasteiger charge is -2.27. The molecule has 0 unspecified atom stereocenters. The fourth-order valence-corrected chi connectivity index (χ4v) is 5.17.